The average molecular weight is 167 g/mol. The second-order valence-corrected chi connectivity index (χ2v) is 5.07. The molecule has 0 radical (unpaired) electrons. The van der Waals surface area contributed by atoms with Crippen LogP contribution < -0.4 is 5.32 Å². The van der Waals surface area contributed by atoms with Gasteiger partial charge >= 0.3 is 0 Å². The number of carbonyl (C=O) groups is 1. The lowest BCUT2D eigenvalue weighted by molar-refractivity contribution is -0.120. The molecule has 2 rings (SSSR count). The van der Waals surface area contributed by atoms with Gasteiger partial charge in [0.05, 0.1) is 0 Å². The molecule has 0 aromatic heterocycles. The van der Waals surface area contributed by atoms with Gasteiger partial charge in [0.1, 0.15) is 0 Å². The Kier molecular flexibility index (Phi) is 1.37. The molecule has 1 aliphatic heterocycles. The van der Waals surface area contributed by atoms with E-state index in [9.17, 15) is 4.79 Å². The van der Waals surface area contributed by atoms with Gasteiger partial charge in [-0.15, -0.1) is 0 Å². The quantitative estimate of drug-likeness (QED) is 0.584. The zero-order valence-corrected chi connectivity index (χ0v) is 8.11. The predicted octanol–water partition coefficient (Wildman–Crippen LogP) is 1.70. The van der Waals surface area contributed by atoms with Crippen LogP contribution in [0.3, 0.4) is 0 Å². The number of hydrogen-bond acceptors (Lipinski definition) is 1. The summed E-state index contributed by atoms with van der Waals surface area (Å²) in [7, 11) is 0. The van der Waals surface area contributed by atoms with Crippen molar-refractivity contribution in [3.05, 3.63) is 0 Å². The van der Waals surface area contributed by atoms with Crippen molar-refractivity contribution >= 4 is 5.91 Å². The van der Waals surface area contributed by atoms with E-state index in [1.807, 2.05) is 0 Å². The molecule has 1 aliphatic carbocycles. The number of carbonyl (C=O) groups excluding carboxylic acids is 1. The van der Waals surface area contributed by atoms with Crippen LogP contribution in [0.1, 0.15) is 40.0 Å². The van der Waals surface area contributed by atoms with Crippen molar-refractivity contribution in [3.63, 3.8) is 0 Å². The molecule has 12 heavy (non-hydrogen) atoms. The molecule has 0 bridgehead atoms. The fourth-order valence-corrected chi connectivity index (χ4v) is 2.78. The lowest BCUT2D eigenvalue weighted by atomic mass is 9.74. The molecule has 1 amide bonds. The van der Waals surface area contributed by atoms with Crippen LogP contribution in [0.2, 0.25) is 0 Å². The SMILES string of the molecule is CC1(C)CCC2CC(=O)NC21C. The normalized spacial score (nSPS) is 44.2. The highest BCUT2D eigenvalue weighted by Crippen LogP contribution is 2.53. The molecule has 0 spiro atoms. The van der Waals surface area contributed by atoms with Crippen LogP contribution in [0.4, 0.5) is 0 Å². The van der Waals surface area contributed by atoms with Crippen molar-refractivity contribution in [2.24, 2.45) is 11.3 Å². The topological polar surface area (TPSA) is 29.1 Å². The summed E-state index contributed by atoms with van der Waals surface area (Å²) >= 11 is 0. The van der Waals surface area contributed by atoms with Gasteiger partial charge in [0.15, 0.2) is 0 Å². The maximum atomic E-state index is 11.2. The van der Waals surface area contributed by atoms with Gasteiger partial charge in [-0.1, -0.05) is 13.8 Å². The second-order valence-electron chi connectivity index (χ2n) is 5.07. The summed E-state index contributed by atoms with van der Waals surface area (Å²) in [4.78, 5) is 11.2. The highest BCUT2D eigenvalue weighted by molar-refractivity contribution is 5.80. The third-order valence-corrected chi connectivity index (χ3v) is 4.17. The zero-order valence-electron chi connectivity index (χ0n) is 8.11. The minimum atomic E-state index is 0.0735. The number of nitrogens with one attached hydrogen (secondary N) is 1. The maximum absolute atomic E-state index is 11.2. The minimum Gasteiger partial charge on any atom is -0.350 e. The minimum absolute atomic E-state index is 0.0735. The van der Waals surface area contributed by atoms with Gasteiger partial charge in [0.25, 0.3) is 0 Å². The molecule has 68 valence electrons. The zero-order chi connectivity index (χ0) is 8.98. The van der Waals surface area contributed by atoms with E-state index in [2.05, 4.69) is 26.1 Å². The highest BCUT2D eigenvalue weighted by Gasteiger charge is 2.56. The Hall–Kier alpha value is -0.530. The highest BCUT2D eigenvalue weighted by atomic mass is 16.2. The van der Waals surface area contributed by atoms with Gasteiger partial charge in [0, 0.05) is 12.0 Å². The Bertz CT molecular complexity index is 234. The molecule has 2 fully saturated rings. The van der Waals surface area contributed by atoms with E-state index in [4.69, 9.17) is 0 Å². The summed E-state index contributed by atoms with van der Waals surface area (Å²) in [6.45, 7) is 6.73. The van der Waals surface area contributed by atoms with Gasteiger partial charge in [-0.2, -0.15) is 0 Å². The van der Waals surface area contributed by atoms with Crippen LogP contribution in [-0.4, -0.2) is 11.4 Å². The molecule has 2 aliphatic rings. The number of fused-ring (bicyclic) bond motifs is 1. The summed E-state index contributed by atoms with van der Waals surface area (Å²) in [6.07, 6.45) is 3.20. The molecule has 2 unspecified atom stereocenters. The van der Waals surface area contributed by atoms with Gasteiger partial charge in [0.2, 0.25) is 5.91 Å². The van der Waals surface area contributed by atoms with Gasteiger partial charge < -0.3 is 5.32 Å². The number of hydrogen-bond donors (Lipinski definition) is 1. The van der Waals surface area contributed by atoms with Gasteiger partial charge in [-0.25, -0.2) is 0 Å². The Morgan fingerprint density at radius 1 is 1.42 bits per heavy atom. The Labute approximate surface area is 73.7 Å². The van der Waals surface area contributed by atoms with Crippen LogP contribution in [0.25, 0.3) is 0 Å². The maximum Gasteiger partial charge on any atom is 0.220 e. The Balaban J connectivity index is 2.34. The smallest absolute Gasteiger partial charge is 0.220 e. The largest absolute Gasteiger partial charge is 0.350 e. The molecule has 2 atom stereocenters. The van der Waals surface area contributed by atoms with Crippen molar-refractivity contribution in [2.45, 2.75) is 45.6 Å². The van der Waals surface area contributed by atoms with Crippen molar-refractivity contribution < 1.29 is 4.79 Å². The van der Waals surface area contributed by atoms with Crippen molar-refractivity contribution in [3.8, 4) is 0 Å². The molecule has 1 saturated heterocycles. The molecule has 1 saturated carbocycles. The summed E-state index contributed by atoms with van der Waals surface area (Å²) in [5, 5.41) is 3.14. The van der Waals surface area contributed by atoms with E-state index in [0.29, 0.717) is 5.92 Å². The Morgan fingerprint density at radius 3 is 2.67 bits per heavy atom. The molecule has 2 heteroatoms. The monoisotopic (exact) mass is 167 g/mol. The van der Waals surface area contributed by atoms with E-state index in [0.717, 1.165) is 6.42 Å². The molecular formula is C10H17NO. The van der Waals surface area contributed by atoms with E-state index in [1.165, 1.54) is 12.8 Å². The molecular weight excluding hydrogens is 150 g/mol. The fourth-order valence-electron chi connectivity index (χ4n) is 2.78. The molecule has 1 heterocycles. The van der Waals surface area contributed by atoms with Crippen molar-refractivity contribution in [1.29, 1.82) is 0 Å². The third kappa shape index (κ3) is 0.782. The van der Waals surface area contributed by atoms with E-state index in [-0.39, 0.29) is 16.9 Å². The molecule has 2 nitrogen and oxygen atoms in total. The number of rotatable bonds is 0. The van der Waals surface area contributed by atoms with E-state index < -0.39 is 0 Å². The van der Waals surface area contributed by atoms with Crippen LogP contribution in [0.15, 0.2) is 0 Å². The van der Waals surface area contributed by atoms with E-state index in [1.54, 1.807) is 0 Å². The van der Waals surface area contributed by atoms with Crippen LogP contribution >= 0.6 is 0 Å². The first-order valence-electron chi connectivity index (χ1n) is 4.77. The molecule has 0 aromatic carbocycles. The fraction of sp³-hybridized carbons (Fsp3) is 0.900. The van der Waals surface area contributed by atoms with Crippen molar-refractivity contribution in [1.82, 2.24) is 5.32 Å². The molecule has 1 N–H and O–H groups in total. The van der Waals surface area contributed by atoms with Gasteiger partial charge in [-0.05, 0) is 31.1 Å². The lowest BCUT2D eigenvalue weighted by Crippen LogP contribution is -2.50. The van der Waals surface area contributed by atoms with Crippen LogP contribution in [0, 0.1) is 11.3 Å². The summed E-state index contributed by atoms with van der Waals surface area (Å²) in [5.41, 5.74) is 0.355. The van der Waals surface area contributed by atoms with Crippen LogP contribution in [0.5, 0.6) is 0 Å². The van der Waals surface area contributed by atoms with Gasteiger partial charge in [-0.3, -0.25) is 4.79 Å². The average Bonchev–Trinajstić information content (AvgIpc) is 2.31. The Morgan fingerprint density at radius 2 is 2.08 bits per heavy atom. The summed E-state index contributed by atoms with van der Waals surface area (Å²) in [6, 6.07) is 0. The predicted molar refractivity (Wildman–Crippen MR) is 47.7 cm³/mol. The summed E-state index contributed by atoms with van der Waals surface area (Å²) < 4.78 is 0. The standard InChI is InChI=1S/C10H17NO/c1-9(2)5-4-7-6-8(12)11-10(7,9)3/h7H,4-6H2,1-3H3,(H,11,12). The van der Waals surface area contributed by atoms with Crippen LogP contribution in [-0.2, 0) is 4.79 Å². The van der Waals surface area contributed by atoms with Crippen molar-refractivity contribution in [2.75, 3.05) is 0 Å². The summed E-state index contributed by atoms with van der Waals surface area (Å²) in [5.74, 6) is 0.829. The third-order valence-electron chi connectivity index (χ3n) is 4.17. The lowest BCUT2D eigenvalue weighted by Gasteiger charge is -2.38. The van der Waals surface area contributed by atoms with E-state index >= 15 is 0 Å². The second kappa shape index (κ2) is 2.04. The molecule has 0 aromatic rings. The first-order chi connectivity index (χ1) is 5.46. The number of amides is 1. The first kappa shape index (κ1) is 8.09. The first-order valence-corrected chi connectivity index (χ1v) is 4.77.